The van der Waals surface area contributed by atoms with E-state index in [2.05, 4.69) is 22.4 Å². The number of benzene rings is 2. The lowest BCUT2D eigenvalue weighted by Gasteiger charge is -2.01. The largest absolute Gasteiger partial charge is 0.305 e. The summed E-state index contributed by atoms with van der Waals surface area (Å²) < 4.78 is 1.16. The first kappa shape index (κ1) is 17.1. The average molecular weight is 402 g/mol. The number of aryl methyl sites for hydroxylation is 1. The zero-order valence-electron chi connectivity index (χ0n) is 13.6. The molecule has 0 radical (unpaired) electrons. The molecule has 7 heteroatoms. The third-order valence-electron chi connectivity index (χ3n) is 4.07. The summed E-state index contributed by atoms with van der Waals surface area (Å²) >= 11 is 13.6. The van der Waals surface area contributed by atoms with Crippen molar-refractivity contribution in [2.75, 3.05) is 5.32 Å². The SMILES string of the molecule is Cc1c(-c2cc(NC(=O)c3ccc(Cl)cc3)n[nH]2)sc2ccc(Cl)cc12. The zero-order chi connectivity index (χ0) is 18.3. The molecule has 0 aliphatic rings. The highest BCUT2D eigenvalue weighted by atomic mass is 35.5. The average Bonchev–Trinajstić information content (AvgIpc) is 3.20. The highest BCUT2D eigenvalue weighted by Crippen LogP contribution is 2.38. The number of aromatic amines is 1. The molecule has 2 N–H and O–H groups in total. The van der Waals surface area contributed by atoms with Gasteiger partial charge < -0.3 is 5.32 Å². The van der Waals surface area contributed by atoms with Crippen LogP contribution in [0.2, 0.25) is 10.0 Å². The van der Waals surface area contributed by atoms with E-state index in [4.69, 9.17) is 23.2 Å². The van der Waals surface area contributed by atoms with Crippen molar-refractivity contribution in [2.45, 2.75) is 6.92 Å². The van der Waals surface area contributed by atoms with Gasteiger partial charge in [0.2, 0.25) is 0 Å². The molecule has 0 fully saturated rings. The number of amides is 1. The van der Waals surface area contributed by atoms with Gasteiger partial charge in [0.15, 0.2) is 5.82 Å². The molecular formula is C19H13Cl2N3OS. The highest BCUT2D eigenvalue weighted by molar-refractivity contribution is 7.22. The lowest BCUT2D eigenvalue weighted by molar-refractivity contribution is 0.102. The summed E-state index contributed by atoms with van der Waals surface area (Å²) in [6.07, 6.45) is 0. The van der Waals surface area contributed by atoms with E-state index in [-0.39, 0.29) is 5.91 Å². The number of nitrogens with zero attached hydrogens (tertiary/aromatic N) is 1. The Kier molecular flexibility index (Phi) is 4.44. The number of anilines is 1. The topological polar surface area (TPSA) is 57.8 Å². The van der Waals surface area contributed by atoms with Crippen LogP contribution in [0.15, 0.2) is 48.5 Å². The summed E-state index contributed by atoms with van der Waals surface area (Å²) in [4.78, 5) is 13.4. The first-order valence-corrected chi connectivity index (χ1v) is 9.40. The maximum Gasteiger partial charge on any atom is 0.256 e. The molecule has 2 heterocycles. The van der Waals surface area contributed by atoms with Crippen LogP contribution >= 0.6 is 34.5 Å². The summed E-state index contributed by atoms with van der Waals surface area (Å²) in [6.45, 7) is 2.05. The van der Waals surface area contributed by atoms with Crippen LogP contribution in [-0.4, -0.2) is 16.1 Å². The van der Waals surface area contributed by atoms with Crippen LogP contribution in [-0.2, 0) is 0 Å². The normalized spacial score (nSPS) is 11.0. The number of hydrogen-bond donors (Lipinski definition) is 2. The van der Waals surface area contributed by atoms with E-state index in [9.17, 15) is 4.79 Å². The Balaban J connectivity index is 1.61. The molecule has 1 amide bonds. The molecule has 0 aliphatic heterocycles. The molecule has 0 unspecified atom stereocenters. The lowest BCUT2D eigenvalue weighted by atomic mass is 10.1. The van der Waals surface area contributed by atoms with Crippen LogP contribution in [0.3, 0.4) is 0 Å². The van der Waals surface area contributed by atoms with E-state index in [1.807, 2.05) is 24.3 Å². The zero-order valence-corrected chi connectivity index (χ0v) is 16.0. The number of halogens is 2. The fourth-order valence-corrected chi connectivity index (χ4v) is 4.20. The minimum atomic E-state index is -0.237. The first-order chi connectivity index (χ1) is 12.5. The van der Waals surface area contributed by atoms with E-state index in [1.165, 1.54) is 0 Å². The first-order valence-electron chi connectivity index (χ1n) is 7.82. The van der Waals surface area contributed by atoms with Crippen molar-refractivity contribution in [1.82, 2.24) is 10.2 Å². The van der Waals surface area contributed by atoms with Gasteiger partial charge in [-0.25, -0.2) is 0 Å². The maximum absolute atomic E-state index is 12.3. The molecule has 0 spiro atoms. The molecule has 0 aliphatic carbocycles. The van der Waals surface area contributed by atoms with Gasteiger partial charge in [-0.05, 0) is 60.3 Å². The third kappa shape index (κ3) is 3.21. The van der Waals surface area contributed by atoms with E-state index in [0.29, 0.717) is 21.4 Å². The molecule has 26 heavy (non-hydrogen) atoms. The minimum absolute atomic E-state index is 0.237. The third-order valence-corrected chi connectivity index (χ3v) is 5.86. The van der Waals surface area contributed by atoms with Crippen molar-refractivity contribution in [3.63, 3.8) is 0 Å². The van der Waals surface area contributed by atoms with E-state index in [1.54, 1.807) is 35.6 Å². The molecule has 4 aromatic rings. The lowest BCUT2D eigenvalue weighted by Crippen LogP contribution is -2.11. The van der Waals surface area contributed by atoms with E-state index >= 15 is 0 Å². The molecule has 0 saturated carbocycles. The number of H-pyrrole nitrogens is 1. The fourth-order valence-electron chi connectivity index (χ4n) is 2.74. The summed E-state index contributed by atoms with van der Waals surface area (Å²) in [5.74, 6) is 0.231. The van der Waals surface area contributed by atoms with Gasteiger partial charge in [-0.2, -0.15) is 5.10 Å². The predicted octanol–water partition coefficient (Wildman–Crippen LogP) is 6.16. The van der Waals surface area contributed by atoms with Gasteiger partial charge in [0.25, 0.3) is 5.91 Å². The second-order valence-corrected chi connectivity index (χ2v) is 7.75. The number of thiophene rings is 1. The fraction of sp³-hybridized carbons (Fsp3) is 0.0526. The summed E-state index contributed by atoms with van der Waals surface area (Å²) in [5.41, 5.74) is 2.50. The van der Waals surface area contributed by atoms with Crippen LogP contribution in [0.25, 0.3) is 20.7 Å². The van der Waals surface area contributed by atoms with Crippen LogP contribution in [0, 0.1) is 6.92 Å². The van der Waals surface area contributed by atoms with Crippen LogP contribution in [0.1, 0.15) is 15.9 Å². The highest BCUT2D eigenvalue weighted by Gasteiger charge is 2.14. The molecule has 0 saturated heterocycles. The van der Waals surface area contributed by atoms with Gasteiger partial charge in [0, 0.05) is 26.4 Å². The van der Waals surface area contributed by atoms with E-state index in [0.717, 1.165) is 26.2 Å². The van der Waals surface area contributed by atoms with Gasteiger partial charge in [-0.15, -0.1) is 11.3 Å². The molecule has 2 aromatic carbocycles. The van der Waals surface area contributed by atoms with Gasteiger partial charge in [-0.1, -0.05) is 23.2 Å². The number of carbonyl (C=O) groups is 1. The second kappa shape index (κ2) is 6.76. The van der Waals surface area contributed by atoms with Crippen molar-refractivity contribution in [3.05, 3.63) is 69.7 Å². The van der Waals surface area contributed by atoms with Crippen LogP contribution in [0.4, 0.5) is 5.82 Å². The summed E-state index contributed by atoms with van der Waals surface area (Å²) in [7, 11) is 0. The van der Waals surface area contributed by atoms with Crippen LogP contribution in [0.5, 0.6) is 0 Å². The second-order valence-electron chi connectivity index (χ2n) is 5.82. The Morgan fingerprint density at radius 2 is 1.81 bits per heavy atom. The van der Waals surface area contributed by atoms with Gasteiger partial charge in [-0.3, -0.25) is 9.89 Å². The molecule has 4 rings (SSSR count). The number of carbonyl (C=O) groups excluding carboxylic acids is 1. The number of fused-ring (bicyclic) bond motifs is 1. The molecule has 4 nitrogen and oxygen atoms in total. The van der Waals surface area contributed by atoms with Crippen molar-refractivity contribution >= 4 is 56.3 Å². The number of rotatable bonds is 3. The monoisotopic (exact) mass is 401 g/mol. The van der Waals surface area contributed by atoms with Gasteiger partial charge in [0.1, 0.15) is 0 Å². The molecular weight excluding hydrogens is 389 g/mol. The van der Waals surface area contributed by atoms with Gasteiger partial charge in [0.05, 0.1) is 10.6 Å². The van der Waals surface area contributed by atoms with Crippen molar-refractivity contribution in [1.29, 1.82) is 0 Å². The Morgan fingerprint density at radius 1 is 1.08 bits per heavy atom. The number of nitrogens with one attached hydrogen (secondary N) is 2. The standard InChI is InChI=1S/C19H13Cl2N3OS/c1-10-14-8-13(21)6-7-16(14)26-18(10)15-9-17(24-23-15)22-19(25)11-2-4-12(20)5-3-11/h2-9H,1H3,(H2,22,23,24,25). The molecule has 130 valence electrons. The van der Waals surface area contributed by atoms with Crippen molar-refractivity contribution < 1.29 is 4.79 Å². The predicted molar refractivity (Wildman–Crippen MR) is 109 cm³/mol. The summed E-state index contributed by atoms with van der Waals surface area (Å²) in [6, 6.07) is 14.4. The maximum atomic E-state index is 12.3. The van der Waals surface area contributed by atoms with Crippen molar-refractivity contribution in [3.8, 4) is 10.6 Å². The molecule has 0 atom stereocenters. The van der Waals surface area contributed by atoms with Crippen LogP contribution < -0.4 is 5.32 Å². The van der Waals surface area contributed by atoms with Gasteiger partial charge >= 0.3 is 0 Å². The minimum Gasteiger partial charge on any atom is -0.305 e. The Morgan fingerprint density at radius 3 is 2.58 bits per heavy atom. The Labute approximate surface area is 163 Å². The molecule has 0 bridgehead atoms. The van der Waals surface area contributed by atoms with E-state index < -0.39 is 0 Å². The smallest absolute Gasteiger partial charge is 0.256 e. The molecule has 2 aromatic heterocycles. The van der Waals surface area contributed by atoms with Crippen molar-refractivity contribution in [2.24, 2.45) is 0 Å². The number of aromatic nitrogens is 2. The summed E-state index contributed by atoms with van der Waals surface area (Å²) in [5, 5.41) is 12.4. The Hall–Kier alpha value is -2.34. The quantitative estimate of drug-likeness (QED) is 0.431. The number of hydrogen-bond acceptors (Lipinski definition) is 3. The Bertz CT molecular complexity index is 1120.